The van der Waals surface area contributed by atoms with Gasteiger partial charge in [0.1, 0.15) is 16.9 Å². The molecule has 1 amide bonds. The molecule has 2 rings (SSSR count). The molecule has 1 saturated heterocycles. The van der Waals surface area contributed by atoms with Crippen molar-refractivity contribution < 1.29 is 24.2 Å². The van der Waals surface area contributed by atoms with Crippen molar-refractivity contribution in [3.05, 3.63) is 23.8 Å². The van der Waals surface area contributed by atoms with Crippen molar-refractivity contribution in [2.45, 2.75) is 38.8 Å². The molecule has 7 heteroatoms. The molecule has 1 heterocycles. The molecule has 1 fully saturated rings. The van der Waals surface area contributed by atoms with Crippen LogP contribution in [-0.4, -0.2) is 49.0 Å². The molecule has 0 unspecified atom stereocenters. The molecular weight excluding hydrogens is 312 g/mol. The Balaban J connectivity index is 2.02. The fourth-order valence-corrected chi connectivity index (χ4v) is 2.65. The predicted molar refractivity (Wildman–Crippen MR) is 89.9 cm³/mol. The SMILES string of the molecule is COc1ccc(N2CC[C@H](NC(=O)OC(C)(C)C)C2)cc1C(=O)O. The molecule has 1 aliphatic heterocycles. The lowest BCUT2D eigenvalue weighted by Gasteiger charge is -2.22. The van der Waals surface area contributed by atoms with E-state index in [9.17, 15) is 14.7 Å². The quantitative estimate of drug-likeness (QED) is 0.878. The van der Waals surface area contributed by atoms with E-state index in [1.54, 1.807) is 12.1 Å². The Bertz CT molecular complexity index is 624. The molecule has 7 nitrogen and oxygen atoms in total. The number of rotatable bonds is 4. The Morgan fingerprint density at radius 2 is 2.04 bits per heavy atom. The summed E-state index contributed by atoms with van der Waals surface area (Å²) in [6, 6.07) is 5.03. The van der Waals surface area contributed by atoms with Crippen LogP contribution in [0.5, 0.6) is 5.75 Å². The summed E-state index contributed by atoms with van der Waals surface area (Å²) in [5.74, 6) is -0.704. The maximum Gasteiger partial charge on any atom is 0.407 e. The van der Waals surface area contributed by atoms with E-state index in [-0.39, 0.29) is 11.6 Å². The minimum atomic E-state index is -1.03. The summed E-state index contributed by atoms with van der Waals surface area (Å²) in [7, 11) is 1.44. The van der Waals surface area contributed by atoms with Gasteiger partial charge in [0.15, 0.2) is 0 Å². The zero-order chi connectivity index (χ0) is 17.9. The van der Waals surface area contributed by atoms with Crippen molar-refractivity contribution in [1.29, 1.82) is 0 Å². The van der Waals surface area contributed by atoms with Crippen molar-refractivity contribution in [2.75, 3.05) is 25.1 Å². The number of alkyl carbamates (subject to hydrolysis) is 1. The number of carboxylic acids is 1. The summed E-state index contributed by atoms with van der Waals surface area (Å²) in [4.78, 5) is 25.2. The molecule has 1 aliphatic rings. The van der Waals surface area contributed by atoms with Gasteiger partial charge in [-0.25, -0.2) is 9.59 Å². The third-order valence-corrected chi connectivity index (χ3v) is 3.69. The number of methoxy groups -OCH3 is 1. The van der Waals surface area contributed by atoms with Crippen molar-refractivity contribution in [2.24, 2.45) is 0 Å². The van der Waals surface area contributed by atoms with Crippen LogP contribution in [0, 0.1) is 0 Å². The number of hydrogen-bond acceptors (Lipinski definition) is 5. The number of benzene rings is 1. The number of carbonyl (C=O) groups excluding carboxylic acids is 1. The smallest absolute Gasteiger partial charge is 0.407 e. The third kappa shape index (κ3) is 4.53. The topological polar surface area (TPSA) is 88.1 Å². The average molecular weight is 336 g/mol. The van der Waals surface area contributed by atoms with Crippen LogP contribution >= 0.6 is 0 Å². The zero-order valence-corrected chi connectivity index (χ0v) is 14.5. The first-order valence-electron chi connectivity index (χ1n) is 7.85. The molecule has 0 aliphatic carbocycles. The number of nitrogens with one attached hydrogen (secondary N) is 1. The summed E-state index contributed by atoms with van der Waals surface area (Å²) < 4.78 is 10.3. The Morgan fingerprint density at radius 3 is 2.62 bits per heavy atom. The first kappa shape index (κ1) is 17.9. The molecule has 1 atom stereocenters. The minimum absolute atomic E-state index is 0.0322. The maximum atomic E-state index is 11.8. The van der Waals surface area contributed by atoms with Crippen LogP contribution in [0.15, 0.2) is 18.2 Å². The van der Waals surface area contributed by atoms with Crippen molar-refractivity contribution in [1.82, 2.24) is 5.32 Å². The second kappa shape index (κ2) is 6.98. The van der Waals surface area contributed by atoms with Gasteiger partial charge in [-0.15, -0.1) is 0 Å². The van der Waals surface area contributed by atoms with Crippen LogP contribution in [0.2, 0.25) is 0 Å². The van der Waals surface area contributed by atoms with Crippen LogP contribution in [0.1, 0.15) is 37.6 Å². The first-order valence-corrected chi connectivity index (χ1v) is 7.85. The highest BCUT2D eigenvalue weighted by Crippen LogP contribution is 2.27. The standard InChI is InChI=1S/C17H24N2O5/c1-17(2,3)24-16(22)18-11-7-8-19(10-11)12-5-6-14(23-4)13(9-12)15(20)21/h5-6,9,11H,7-8,10H2,1-4H3,(H,18,22)(H,20,21)/t11-/m0/s1. The van der Waals surface area contributed by atoms with Gasteiger partial charge in [-0.1, -0.05) is 0 Å². The van der Waals surface area contributed by atoms with E-state index in [4.69, 9.17) is 9.47 Å². The Labute approximate surface area is 141 Å². The lowest BCUT2D eigenvalue weighted by atomic mass is 10.1. The van der Waals surface area contributed by atoms with Crippen molar-refractivity contribution in [3.8, 4) is 5.75 Å². The van der Waals surface area contributed by atoms with Gasteiger partial charge in [-0.2, -0.15) is 0 Å². The number of amides is 1. The summed E-state index contributed by atoms with van der Waals surface area (Å²) >= 11 is 0. The van der Waals surface area contributed by atoms with Gasteiger partial charge >= 0.3 is 12.1 Å². The van der Waals surface area contributed by atoms with Gasteiger partial charge < -0.3 is 24.8 Å². The summed E-state index contributed by atoms with van der Waals surface area (Å²) in [6.07, 6.45) is 0.337. The van der Waals surface area contributed by atoms with E-state index in [1.807, 2.05) is 31.7 Å². The fourth-order valence-electron chi connectivity index (χ4n) is 2.65. The van der Waals surface area contributed by atoms with Gasteiger partial charge in [0.25, 0.3) is 0 Å². The Morgan fingerprint density at radius 1 is 1.33 bits per heavy atom. The number of anilines is 1. The zero-order valence-electron chi connectivity index (χ0n) is 14.5. The third-order valence-electron chi connectivity index (χ3n) is 3.69. The molecule has 0 radical (unpaired) electrons. The Hall–Kier alpha value is -2.44. The highest BCUT2D eigenvalue weighted by atomic mass is 16.6. The fraction of sp³-hybridized carbons (Fsp3) is 0.529. The normalized spacial score (nSPS) is 17.5. The van der Waals surface area contributed by atoms with E-state index in [0.29, 0.717) is 12.3 Å². The van der Waals surface area contributed by atoms with Gasteiger partial charge in [0.05, 0.1) is 13.2 Å². The molecule has 2 N–H and O–H groups in total. The summed E-state index contributed by atoms with van der Waals surface area (Å²) in [5, 5.41) is 12.1. The van der Waals surface area contributed by atoms with Gasteiger partial charge in [0.2, 0.25) is 0 Å². The number of carbonyl (C=O) groups is 2. The molecule has 0 saturated carbocycles. The van der Waals surface area contributed by atoms with Crippen LogP contribution in [-0.2, 0) is 4.74 Å². The predicted octanol–water partition coefficient (Wildman–Crippen LogP) is 2.50. The van der Waals surface area contributed by atoms with E-state index in [0.717, 1.165) is 18.7 Å². The van der Waals surface area contributed by atoms with Crippen LogP contribution in [0.3, 0.4) is 0 Å². The second-order valence-electron chi connectivity index (χ2n) is 6.77. The number of hydrogen-bond donors (Lipinski definition) is 2. The number of carboxylic acid groups (broad SMARTS) is 1. The van der Waals surface area contributed by atoms with Crippen molar-refractivity contribution in [3.63, 3.8) is 0 Å². The monoisotopic (exact) mass is 336 g/mol. The van der Waals surface area contributed by atoms with E-state index >= 15 is 0 Å². The van der Waals surface area contributed by atoms with Gasteiger partial charge in [-0.3, -0.25) is 0 Å². The summed E-state index contributed by atoms with van der Waals surface area (Å²) in [5.41, 5.74) is 0.384. The molecule has 24 heavy (non-hydrogen) atoms. The summed E-state index contributed by atoms with van der Waals surface area (Å²) in [6.45, 7) is 6.78. The number of ether oxygens (including phenoxy) is 2. The average Bonchev–Trinajstić information content (AvgIpc) is 2.92. The number of nitrogens with zero attached hydrogens (tertiary/aromatic N) is 1. The maximum absolute atomic E-state index is 11.8. The first-order chi connectivity index (χ1) is 11.2. The highest BCUT2D eigenvalue weighted by molar-refractivity contribution is 5.92. The minimum Gasteiger partial charge on any atom is -0.496 e. The van der Waals surface area contributed by atoms with E-state index in [2.05, 4.69) is 5.32 Å². The molecular formula is C17H24N2O5. The molecule has 0 spiro atoms. The molecule has 132 valence electrons. The molecule has 1 aromatic rings. The van der Waals surface area contributed by atoms with Crippen LogP contribution < -0.4 is 15.0 Å². The lowest BCUT2D eigenvalue weighted by molar-refractivity contribution is 0.0508. The van der Waals surface area contributed by atoms with E-state index in [1.165, 1.54) is 7.11 Å². The largest absolute Gasteiger partial charge is 0.496 e. The van der Waals surface area contributed by atoms with Crippen molar-refractivity contribution >= 4 is 17.7 Å². The molecule has 1 aromatic carbocycles. The number of aromatic carboxylic acids is 1. The molecule has 0 bridgehead atoms. The van der Waals surface area contributed by atoms with Crippen LogP contribution in [0.4, 0.5) is 10.5 Å². The Kier molecular flexibility index (Phi) is 5.21. The van der Waals surface area contributed by atoms with E-state index < -0.39 is 17.7 Å². The van der Waals surface area contributed by atoms with Crippen LogP contribution in [0.25, 0.3) is 0 Å². The van der Waals surface area contributed by atoms with Gasteiger partial charge in [0, 0.05) is 18.8 Å². The lowest BCUT2D eigenvalue weighted by Crippen LogP contribution is -2.40. The molecule has 0 aromatic heterocycles. The van der Waals surface area contributed by atoms with Gasteiger partial charge in [-0.05, 0) is 45.4 Å². The highest BCUT2D eigenvalue weighted by Gasteiger charge is 2.27. The second-order valence-corrected chi connectivity index (χ2v) is 6.77.